The topological polar surface area (TPSA) is 85.5 Å². The number of benzene rings is 1. The van der Waals surface area contributed by atoms with Gasteiger partial charge in [-0.05, 0) is 12.0 Å². The summed E-state index contributed by atoms with van der Waals surface area (Å²) in [5.41, 5.74) is 1.20. The van der Waals surface area contributed by atoms with Crippen LogP contribution in [0.3, 0.4) is 0 Å². The van der Waals surface area contributed by atoms with Gasteiger partial charge < -0.3 is 14.3 Å². The molecule has 0 aliphatic carbocycles. The van der Waals surface area contributed by atoms with Gasteiger partial charge >= 0.3 is 5.97 Å². The van der Waals surface area contributed by atoms with Gasteiger partial charge in [-0.1, -0.05) is 30.3 Å². The molecule has 2 aromatic rings. The second-order valence-electron chi connectivity index (χ2n) is 3.96. The van der Waals surface area contributed by atoms with Crippen LogP contribution in [0.2, 0.25) is 0 Å². The summed E-state index contributed by atoms with van der Waals surface area (Å²) in [6.07, 6.45) is 1.47. The molecule has 0 atom stereocenters. The molecule has 19 heavy (non-hydrogen) atoms. The normalized spacial score (nSPS) is 10.5. The van der Waals surface area contributed by atoms with E-state index in [1.807, 2.05) is 30.3 Å². The molecule has 100 valence electrons. The molecule has 1 aromatic heterocycles. The number of hydrogen-bond donors (Lipinski definition) is 1. The number of ether oxygens (including phenoxy) is 1. The average Bonchev–Trinajstić information content (AvgIpc) is 2.85. The van der Waals surface area contributed by atoms with E-state index >= 15 is 0 Å². The highest BCUT2D eigenvalue weighted by molar-refractivity contribution is 5.67. The summed E-state index contributed by atoms with van der Waals surface area (Å²) >= 11 is 0. The summed E-state index contributed by atoms with van der Waals surface area (Å²) < 4.78 is 10.2. The molecular formula is C13H14N2O4. The van der Waals surface area contributed by atoms with Gasteiger partial charge in [0.1, 0.15) is 13.2 Å². The first kappa shape index (κ1) is 13.2. The Morgan fingerprint density at radius 2 is 1.89 bits per heavy atom. The first-order chi connectivity index (χ1) is 9.24. The standard InChI is InChI=1S/C13H14N2O4/c16-13(17)9-18-8-12-15-14-11(19-12)7-6-10-4-2-1-3-5-10/h1-5H,6-9H2,(H,16,17). The summed E-state index contributed by atoms with van der Waals surface area (Å²) in [5.74, 6) is -0.203. The van der Waals surface area contributed by atoms with E-state index in [1.54, 1.807) is 0 Å². The van der Waals surface area contributed by atoms with Gasteiger partial charge in [-0.2, -0.15) is 0 Å². The Balaban J connectivity index is 1.79. The van der Waals surface area contributed by atoms with Crippen molar-refractivity contribution in [3.8, 4) is 0 Å². The van der Waals surface area contributed by atoms with Gasteiger partial charge in [-0.3, -0.25) is 0 Å². The predicted molar refractivity (Wildman–Crippen MR) is 65.4 cm³/mol. The lowest BCUT2D eigenvalue weighted by molar-refractivity contribution is -0.142. The summed E-state index contributed by atoms with van der Waals surface area (Å²) in [7, 11) is 0. The summed E-state index contributed by atoms with van der Waals surface area (Å²) in [6.45, 7) is -0.355. The number of rotatable bonds is 7. The Morgan fingerprint density at radius 3 is 2.63 bits per heavy atom. The van der Waals surface area contributed by atoms with E-state index in [1.165, 1.54) is 5.56 Å². The van der Waals surface area contributed by atoms with Crippen LogP contribution in [0.25, 0.3) is 0 Å². The molecule has 6 nitrogen and oxygen atoms in total. The molecule has 1 N–H and O–H groups in total. The van der Waals surface area contributed by atoms with Crippen molar-refractivity contribution in [2.24, 2.45) is 0 Å². The van der Waals surface area contributed by atoms with E-state index < -0.39 is 5.97 Å². The highest BCUT2D eigenvalue weighted by atomic mass is 16.5. The van der Waals surface area contributed by atoms with Crippen LogP contribution < -0.4 is 0 Å². The maximum Gasteiger partial charge on any atom is 0.329 e. The minimum absolute atomic E-state index is 0.0185. The number of nitrogens with zero attached hydrogens (tertiary/aromatic N) is 2. The van der Waals surface area contributed by atoms with Gasteiger partial charge in [-0.15, -0.1) is 10.2 Å². The van der Waals surface area contributed by atoms with E-state index in [9.17, 15) is 4.79 Å². The number of aryl methyl sites for hydroxylation is 2. The summed E-state index contributed by atoms with van der Waals surface area (Å²) in [6, 6.07) is 10.00. The fraction of sp³-hybridized carbons (Fsp3) is 0.308. The Bertz CT molecular complexity index is 524. The third-order valence-corrected chi connectivity index (χ3v) is 2.43. The number of aliphatic carboxylic acids is 1. The zero-order valence-electron chi connectivity index (χ0n) is 10.3. The van der Waals surface area contributed by atoms with Crippen molar-refractivity contribution in [3.05, 3.63) is 47.7 Å². The Hall–Kier alpha value is -2.21. The van der Waals surface area contributed by atoms with Crippen LogP contribution in [-0.4, -0.2) is 27.9 Å². The van der Waals surface area contributed by atoms with Gasteiger partial charge in [-0.25, -0.2) is 4.79 Å². The zero-order chi connectivity index (χ0) is 13.5. The van der Waals surface area contributed by atoms with Crippen LogP contribution in [0.5, 0.6) is 0 Å². The molecule has 1 aromatic carbocycles. The first-order valence-corrected chi connectivity index (χ1v) is 5.89. The van der Waals surface area contributed by atoms with E-state index in [2.05, 4.69) is 10.2 Å². The minimum Gasteiger partial charge on any atom is -0.480 e. The predicted octanol–water partition coefficient (Wildman–Crippen LogP) is 1.46. The molecule has 0 saturated heterocycles. The second kappa shape index (κ2) is 6.65. The Kier molecular flexibility index (Phi) is 4.63. The van der Waals surface area contributed by atoms with Gasteiger partial charge in [0.05, 0.1) is 0 Å². The number of aromatic nitrogens is 2. The number of carboxylic acid groups (broad SMARTS) is 1. The molecule has 0 amide bonds. The van der Waals surface area contributed by atoms with E-state index in [0.717, 1.165) is 6.42 Å². The smallest absolute Gasteiger partial charge is 0.329 e. The lowest BCUT2D eigenvalue weighted by Crippen LogP contribution is -2.06. The third kappa shape index (κ3) is 4.51. The zero-order valence-corrected chi connectivity index (χ0v) is 10.3. The third-order valence-electron chi connectivity index (χ3n) is 2.43. The van der Waals surface area contributed by atoms with Crippen LogP contribution >= 0.6 is 0 Å². The van der Waals surface area contributed by atoms with Crippen LogP contribution in [-0.2, 0) is 29.0 Å². The highest BCUT2D eigenvalue weighted by Gasteiger charge is 2.07. The molecule has 0 fully saturated rings. The Labute approximate surface area is 110 Å². The quantitative estimate of drug-likeness (QED) is 0.813. The van der Waals surface area contributed by atoms with Crippen LogP contribution in [0, 0.1) is 0 Å². The minimum atomic E-state index is -1.02. The lowest BCUT2D eigenvalue weighted by atomic mass is 10.1. The SMILES string of the molecule is O=C(O)COCc1nnc(CCc2ccccc2)o1. The molecule has 1 heterocycles. The van der Waals surface area contributed by atoms with Gasteiger partial charge in [0, 0.05) is 6.42 Å². The van der Waals surface area contributed by atoms with Crippen LogP contribution in [0.1, 0.15) is 17.3 Å². The largest absolute Gasteiger partial charge is 0.480 e. The van der Waals surface area contributed by atoms with Crippen LogP contribution in [0.4, 0.5) is 0 Å². The molecule has 2 rings (SSSR count). The average molecular weight is 262 g/mol. The van der Waals surface area contributed by atoms with E-state index in [4.69, 9.17) is 14.3 Å². The lowest BCUT2D eigenvalue weighted by Gasteiger charge is -1.97. The molecule has 6 heteroatoms. The monoisotopic (exact) mass is 262 g/mol. The van der Waals surface area contributed by atoms with Gasteiger partial charge in [0.15, 0.2) is 0 Å². The van der Waals surface area contributed by atoms with Crippen molar-refractivity contribution < 1.29 is 19.1 Å². The number of carboxylic acids is 1. The maximum atomic E-state index is 10.3. The van der Waals surface area contributed by atoms with Gasteiger partial charge in [0.25, 0.3) is 0 Å². The molecule has 0 unspecified atom stereocenters. The van der Waals surface area contributed by atoms with Crippen molar-refractivity contribution in [2.45, 2.75) is 19.4 Å². The number of carbonyl (C=O) groups is 1. The van der Waals surface area contributed by atoms with E-state index in [0.29, 0.717) is 18.2 Å². The molecule has 0 bridgehead atoms. The molecule has 0 aliphatic heterocycles. The molecule has 0 spiro atoms. The van der Waals surface area contributed by atoms with Crippen LogP contribution in [0.15, 0.2) is 34.7 Å². The molecule has 0 radical (unpaired) electrons. The summed E-state index contributed by atoms with van der Waals surface area (Å²) in [4.78, 5) is 10.3. The maximum absolute atomic E-state index is 10.3. The molecular weight excluding hydrogens is 248 g/mol. The summed E-state index contributed by atoms with van der Waals surface area (Å²) in [5, 5.41) is 16.1. The fourth-order valence-corrected chi connectivity index (χ4v) is 1.57. The number of hydrogen-bond acceptors (Lipinski definition) is 5. The van der Waals surface area contributed by atoms with Crippen molar-refractivity contribution in [1.29, 1.82) is 0 Å². The molecule has 0 aliphatic rings. The van der Waals surface area contributed by atoms with Crippen molar-refractivity contribution >= 4 is 5.97 Å². The second-order valence-corrected chi connectivity index (χ2v) is 3.96. The Morgan fingerprint density at radius 1 is 1.16 bits per heavy atom. The molecule has 0 saturated carbocycles. The van der Waals surface area contributed by atoms with Crippen molar-refractivity contribution in [2.75, 3.05) is 6.61 Å². The highest BCUT2D eigenvalue weighted by Crippen LogP contribution is 2.07. The fourth-order valence-electron chi connectivity index (χ4n) is 1.57. The van der Waals surface area contributed by atoms with E-state index in [-0.39, 0.29) is 13.2 Å². The van der Waals surface area contributed by atoms with Crippen molar-refractivity contribution in [1.82, 2.24) is 10.2 Å². The van der Waals surface area contributed by atoms with Gasteiger partial charge in [0.2, 0.25) is 11.8 Å². The van der Waals surface area contributed by atoms with Crippen molar-refractivity contribution in [3.63, 3.8) is 0 Å². The first-order valence-electron chi connectivity index (χ1n) is 5.89.